The zero-order valence-corrected chi connectivity index (χ0v) is 52.3. The molecule has 3 aliphatic heterocycles. The maximum absolute atomic E-state index is 14.7. The molecule has 0 spiro atoms. The Hall–Kier alpha value is -3.88. The summed E-state index contributed by atoms with van der Waals surface area (Å²) >= 11 is 6.63. The highest BCUT2D eigenvalue weighted by atomic mass is 35.5. The lowest BCUT2D eigenvalue weighted by Crippen LogP contribution is -2.61. The first-order valence-electron chi connectivity index (χ1n) is 29.2. The van der Waals surface area contributed by atoms with Crippen LogP contribution in [0.15, 0.2) is 23.1 Å². The number of aromatic nitrogens is 1. The van der Waals surface area contributed by atoms with Gasteiger partial charge in [-0.15, -0.1) is 0 Å². The molecule has 83 heavy (non-hydrogen) atoms. The number of pyridine rings is 1. The number of rotatable bonds is 20. The average molecular weight is 1200 g/mol. The monoisotopic (exact) mass is 1200 g/mol. The van der Waals surface area contributed by atoms with E-state index >= 15 is 0 Å². The third-order valence-electron chi connectivity index (χ3n) is 17.2. The number of aliphatic hydroxyl groups excluding tert-OH is 1. The number of hydrogen-bond donors (Lipinski definition) is 3. The second-order valence-corrected chi connectivity index (χ2v) is 25.0. The fourth-order valence-electron chi connectivity index (χ4n) is 12.5. The van der Waals surface area contributed by atoms with E-state index in [0.717, 1.165) is 12.8 Å². The van der Waals surface area contributed by atoms with E-state index in [-0.39, 0.29) is 103 Å². The highest BCUT2D eigenvalue weighted by molar-refractivity contribution is 6.32. The van der Waals surface area contributed by atoms with E-state index in [4.69, 9.17) is 63.7 Å². The molecule has 0 radical (unpaired) electrons. The molecule has 4 aliphatic rings. The molecule has 6 rings (SSSR count). The summed E-state index contributed by atoms with van der Waals surface area (Å²) in [5.74, 6) is -4.47. The van der Waals surface area contributed by atoms with Crippen LogP contribution < -0.4 is 10.2 Å². The summed E-state index contributed by atoms with van der Waals surface area (Å²) in [5, 5.41) is 37.3. The Morgan fingerprint density at radius 2 is 1.60 bits per heavy atom. The van der Waals surface area contributed by atoms with Gasteiger partial charge in [-0.1, -0.05) is 32.4 Å². The fourth-order valence-corrected chi connectivity index (χ4v) is 12.8. The van der Waals surface area contributed by atoms with Gasteiger partial charge in [0.1, 0.15) is 54.0 Å². The molecule has 22 nitrogen and oxygen atoms in total. The van der Waals surface area contributed by atoms with E-state index in [9.17, 15) is 39.3 Å². The van der Waals surface area contributed by atoms with Crippen molar-refractivity contribution >= 4 is 46.2 Å². The maximum Gasteiger partial charge on any atom is 0.344 e. The van der Waals surface area contributed by atoms with Gasteiger partial charge >= 0.3 is 17.9 Å². The molecule has 3 saturated heterocycles. The number of esters is 3. The van der Waals surface area contributed by atoms with E-state index in [1.807, 2.05) is 65.2 Å². The molecule has 0 bridgehead atoms. The van der Waals surface area contributed by atoms with Crippen LogP contribution in [0.25, 0.3) is 10.9 Å². The number of ether oxygens (including phenoxy) is 11. The van der Waals surface area contributed by atoms with Crippen LogP contribution in [0.5, 0.6) is 5.75 Å². The van der Waals surface area contributed by atoms with Crippen molar-refractivity contribution in [1.29, 1.82) is 0 Å². The van der Waals surface area contributed by atoms with Crippen LogP contribution in [-0.4, -0.2) is 212 Å². The summed E-state index contributed by atoms with van der Waals surface area (Å²) in [6.45, 7) is 19.2. The predicted molar refractivity (Wildman–Crippen MR) is 306 cm³/mol. The molecule has 4 heterocycles. The van der Waals surface area contributed by atoms with Gasteiger partial charge in [0.15, 0.2) is 24.5 Å². The molecule has 4 fully saturated rings. The summed E-state index contributed by atoms with van der Waals surface area (Å²) in [4.78, 5) is 70.1. The van der Waals surface area contributed by atoms with Crippen LogP contribution in [0.1, 0.15) is 138 Å². The van der Waals surface area contributed by atoms with Gasteiger partial charge in [-0.25, -0.2) is 4.79 Å². The third kappa shape index (κ3) is 16.4. The predicted octanol–water partition coefficient (Wildman–Crippen LogP) is 5.64. The molecular weight excluding hydrogens is 1100 g/mol. The number of nitrogens with zero attached hydrogens (tertiary/aromatic N) is 3. The summed E-state index contributed by atoms with van der Waals surface area (Å²) in [6.07, 6.45) is -5.50. The Morgan fingerprint density at radius 3 is 2.22 bits per heavy atom. The smallest absolute Gasteiger partial charge is 0.344 e. The van der Waals surface area contributed by atoms with Crippen LogP contribution in [0.4, 0.5) is 0 Å². The van der Waals surface area contributed by atoms with Gasteiger partial charge in [0.25, 0.3) is 0 Å². The SMILES string of the molecule is CC[C@H]1OC(=O)[C@H](C)[C@@H](OC2CC(C)(OC)[C@H](OC(=O)CCOCCOc3cc4c(=O)c(C(=O)OCC(C)=O)cn(C5CC5)c4cc3Cl)[C@H](C)O2)[C@H](C)[C@@H](O[C@@H]2O[C@H](C)C[C@H](N(C)C)[C@@H]2O)[C@](C)(O)C[C@@H](C)CN(C)[C@H](C)[C@@H](OC)[C@]1(C)O. The van der Waals surface area contributed by atoms with Gasteiger partial charge in [-0.3, -0.25) is 19.2 Å². The summed E-state index contributed by atoms with van der Waals surface area (Å²) in [7, 11) is 8.67. The number of likely N-dealkylation sites (N-methyl/N-ethyl adjacent to an activating group) is 2. The number of carbonyl (C=O) groups is 4. The lowest BCUT2D eigenvalue weighted by Gasteiger charge is -2.49. The lowest BCUT2D eigenvalue weighted by atomic mass is 9.77. The first kappa shape index (κ1) is 68.2. The minimum absolute atomic E-state index is 0.00878. The highest BCUT2D eigenvalue weighted by Gasteiger charge is 2.54. The molecule has 470 valence electrons. The molecule has 1 aliphatic carbocycles. The number of fused-ring (bicyclic) bond motifs is 1. The van der Waals surface area contributed by atoms with Crippen molar-refractivity contribution in [2.75, 3.05) is 68.3 Å². The number of benzene rings is 1. The van der Waals surface area contributed by atoms with Crippen LogP contribution >= 0.6 is 11.6 Å². The number of hydrogen-bond acceptors (Lipinski definition) is 21. The van der Waals surface area contributed by atoms with Crippen molar-refractivity contribution in [3.63, 3.8) is 0 Å². The summed E-state index contributed by atoms with van der Waals surface area (Å²) in [5.41, 5.74) is -4.75. The van der Waals surface area contributed by atoms with Crippen LogP contribution in [0.2, 0.25) is 5.02 Å². The molecule has 23 heteroatoms. The zero-order chi connectivity index (χ0) is 61.6. The molecule has 1 saturated carbocycles. The van der Waals surface area contributed by atoms with Crippen molar-refractivity contribution in [3.8, 4) is 5.75 Å². The minimum Gasteiger partial charge on any atom is -0.490 e. The Balaban J connectivity index is 1.17. The molecule has 18 atom stereocenters. The molecule has 2 aromatic rings. The van der Waals surface area contributed by atoms with Crippen molar-refractivity contribution in [3.05, 3.63) is 39.1 Å². The van der Waals surface area contributed by atoms with E-state index in [2.05, 4.69) is 4.90 Å². The average Bonchev–Trinajstić information content (AvgIpc) is 4.39. The standard InChI is InChI=1S/C60H94ClN3O19/c1-17-46-60(11,72)53(73-15)37(7)63(14)29-32(2)27-58(9,71)52(83-57-50(68)44(62(12)13)24-34(4)78-57)35(5)51(36(6)55(69)80-46)82-48-28-59(10,74-16)54(38(8)79-48)81-47(66)20-21-75-22-23-76-45-25-40-43(26-42(45)61)64(39-18-19-39)30-41(49(40)67)56(70)77-31-33(3)65/h25-26,30,32,34-39,44,46,48,50-54,57,68,71-72H,17-24,27-29,31H2,1-16H3/t32-,34-,35+,36-,37-,38+,44+,46-,48?,50+,51+,52-,53-,54-,57+,58-,59?,60-/m1/s1. The van der Waals surface area contributed by atoms with Crippen molar-refractivity contribution in [2.45, 2.75) is 217 Å². The van der Waals surface area contributed by atoms with Crippen molar-refractivity contribution < 1.29 is 86.6 Å². The number of methoxy groups -OCH3 is 2. The number of Topliss-reactive ketones (excluding diaryl/α,β-unsaturated/α-hetero) is 1. The van der Waals surface area contributed by atoms with Crippen LogP contribution in [0, 0.1) is 17.8 Å². The maximum atomic E-state index is 14.7. The summed E-state index contributed by atoms with van der Waals surface area (Å²) in [6, 6.07) is 2.45. The van der Waals surface area contributed by atoms with E-state index in [1.165, 1.54) is 33.4 Å². The van der Waals surface area contributed by atoms with Crippen molar-refractivity contribution in [1.82, 2.24) is 14.4 Å². The molecular formula is C60H94ClN3O19. The van der Waals surface area contributed by atoms with Gasteiger partial charge in [-0.2, -0.15) is 0 Å². The topological polar surface area (TPSA) is 259 Å². The number of cyclic esters (lactones) is 1. The molecule has 3 N–H and O–H groups in total. The number of ketones is 1. The molecule has 1 aromatic heterocycles. The minimum atomic E-state index is -1.65. The Bertz CT molecular complexity index is 2600. The Morgan fingerprint density at radius 1 is 0.916 bits per heavy atom. The summed E-state index contributed by atoms with van der Waals surface area (Å²) < 4.78 is 69.6. The van der Waals surface area contributed by atoms with Crippen LogP contribution in [0.3, 0.4) is 0 Å². The van der Waals surface area contributed by atoms with Gasteiger partial charge in [0.2, 0.25) is 5.43 Å². The number of aliphatic hydroxyl groups is 3. The normalized spacial score (nSPS) is 36.2. The quantitative estimate of drug-likeness (QED) is 0.0823. The first-order valence-corrected chi connectivity index (χ1v) is 29.6. The van der Waals surface area contributed by atoms with E-state index in [1.54, 1.807) is 40.7 Å². The van der Waals surface area contributed by atoms with Crippen molar-refractivity contribution in [2.24, 2.45) is 17.8 Å². The third-order valence-corrected chi connectivity index (χ3v) is 17.5. The highest BCUT2D eigenvalue weighted by Crippen LogP contribution is 2.42. The molecule has 1 aromatic carbocycles. The zero-order valence-electron chi connectivity index (χ0n) is 51.5. The number of halogens is 1. The fraction of sp³-hybridized carbons (Fsp3) is 0.783. The lowest BCUT2D eigenvalue weighted by molar-refractivity contribution is -0.318. The van der Waals surface area contributed by atoms with Gasteiger partial charge in [0, 0.05) is 57.4 Å². The van der Waals surface area contributed by atoms with E-state index in [0.29, 0.717) is 18.5 Å². The van der Waals surface area contributed by atoms with Gasteiger partial charge in [0.05, 0.1) is 71.5 Å². The second kappa shape index (κ2) is 28.8. The van der Waals surface area contributed by atoms with Gasteiger partial charge in [-0.05, 0) is 127 Å². The Labute approximate surface area is 493 Å². The number of carbonyl (C=O) groups excluding carboxylic acids is 4. The van der Waals surface area contributed by atoms with Crippen LogP contribution in [-0.2, 0) is 61.8 Å². The molecule has 2 unspecified atom stereocenters. The molecule has 0 amide bonds. The van der Waals surface area contributed by atoms with E-state index < -0.39 is 114 Å². The first-order chi connectivity index (χ1) is 38.9. The largest absolute Gasteiger partial charge is 0.490 e. The second-order valence-electron chi connectivity index (χ2n) is 24.6. The van der Waals surface area contributed by atoms with Gasteiger partial charge < -0.3 is 81.8 Å². The Kier molecular flexibility index (Phi) is 23.6.